The Bertz CT molecular complexity index is 1880. The van der Waals surface area contributed by atoms with Crippen LogP contribution in [0.1, 0.15) is 43.5 Å². The first-order chi connectivity index (χ1) is 20.7. The standard InChI is InChI=1S/C33H31BrN2O6S/c1-6-41-32(38)28-29(21-10-8-7-9-11-21)35-33-36(30(28)22-13-15-25(39-4)26(18-22)40-5)31(37)27(43-33)17-20-12-14-24(23(34)16-20)42-19(2)3/h7-19,30H,6H2,1-5H3/b27-17-/t30-/m1/s1. The highest BCUT2D eigenvalue weighted by Gasteiger charge is 2.35. The van der Waals surface area contributed by atoms with Crippen LogP contribution in [0.2, 0.25) is 0 Å². The van der Waals surface area contributed by atoms with Crippen LogP contribution in [0.15, 0.2) is 86.6 Å². The third-order valence-electron chi connectivity index (χ3n) is 6.71. The molecular formula is C33H31BrN2O6S. The lowest BCUT2D eigenvalue weighted by Crippen LogP contribution is -2.40. The normalized spacial score (nSPS) is 14.8. The van der Waals surface area contributed by atoms with E-state index in [9.17, 15) is 9.59 Å². The molecule has 0 radical (unpaired) electrons. The summed E-state index contributed by atoms with van der Waals surface area (Å²) in [4.78, 5) is 33.2. The molecular weight excluding hydrogens is 632 g/mol. The molecule has 0 fully saturated rings. The van der Waals surface area contributed by atoms with Crippen LogP contribution in [0.3, 0.4) is 0 Å². The van der Waals surface area contributed by atoms with Crippen LogP contribution in [0.5, 0.6) is 17.2 Å². The Balaban J connectivity index is 1.78. The van der Waals surface area contributed by atoms with Crippen LogP contribution in [-0.2, 0) is 9.53 Å². The highest BCUT2D eigenvalue weighted by molar-refractivity contribution is 9.10. The Kier molecular flexibility index (Phi) is 9.17. The van der Waals surface area contributed by atoms with E-state index in [1.54, 1.807) is 37.8 Å². The minimum atomic E-state index is -0.832. The Labute approximate surface area is 261 Å². The molecule has 0 N–H and O–H groups in total. The summed E-state index contributed by atoms with van der Waals surface area (Å²) in [6.45, 7) is 5.84. The fraction of sp³-hybridized carbons (Fsp3) is 0.242. The van der Waals surface area contributed by atoms with Crippen molar-refractivity contribution < 1.29 is 23.7 Å². The molecule has 0 spiro atoms. The predicted octanol–water partition coefficient (Wildman–Crippen LogP) is 5.50. The number of fused-ring (bicyclic) bond motifs is 1. The second kappa shape index (κ2) is 13.0. The summed E-state index contributed by atoms with van der Waals surface area (Å²) in [5.74, 6) is 1.16. The molecule has 1 aliphatic rings. The van der Waals surface area contributed by atoms with Gasteiger partial charge in [-0.2, -0.15) is 0 Å². The summed E-state index contributed by atoms with van der Waals surface area (Å²) in [6.07, 6.45) is 1.84. The Morgan fingerprint density at radius 3 is 2.40 bits per heavy atom. The SMILES string of the molecule is CCOC(=O)C1=C(c2ccccc2)N=c2s/c(=C\c3ccc(OC(C)C)c(Br)c3)c(=O)n2[C@@H]1c1ccc(OC)c(OC)c1. The van der Waals surface area contributed by atoms with E-state index in [4.69, 9.17) is 23.9 Å². The minimum Gasteiger partial charge on any atom is -0.493 e. The number of benzene rings is 3. The van der Waals surface area contributed by atoms with Crippen molar-refractivity contribution in [1.82, 2.24) is 4.57 Å². The molecule has 0 unspecified atom stereocenters. The van der Waals surface area contributed by atoms with Gasteiger partial charge in [0.25, 0.3) is 5.56 Å². The topological polar surface area (TPSA) is 88.4 Å². The number of thiazole rings is 1. The van der Waals surface area contributed by atoms with E-state index in [1.807, 2.05) is 74.5 Å². The smallest absolute Gasteiger partial charge is 0.338 e. The number of carbonyl (C=O) groups is 1. The van der Waals surface area contributed by atoms with Gasteiger partial charge in [-0.15, -0.1) is 0 Å². The largest absolute Gasteiger partial charge is 0.493 e. The fourth-order valence-electron chi connectivity index (χ4n) is 4.89. The molecule has 0 aliphatic carbocycles. The third kappa shape index (κ3) is 6.16. The lowest BCUT2D eigenvalue weighted by atomic mass is 9.93. The van der Waals surface area contributed by atoms with Gasteiger partial charge in [-0.1, -0.05) is 53.8 Å². The van der Waals surface area contributed by atoms with Gasteiger partial charge >= 0.3 is 5.97 Å². The molecule has 222 valence electrons. The van der Waals surface area contributed by atoms with Gasteiger partial charge in [-0.05, 0) is 78.2 Å². The monoisotopic (exact) mass is 662 g/mol. The van der Waals surface area contributed by atoms with E-state index in [2.05, 4.69) is 15.9 Å². The number of hydrogen-bond acceptors (Lipinski definition) is 8. The second-order valence-corrected chi connectivity index (χ2v) is 11.8. The Morgan fingerprint density at radius 2 is 1.74 bits per heavy atom. The summed E-state index contributed by atoms with van der Waals surface area (Å²) in [7, 11) is 3.10. The average molecular weight is 664 g/mol. The van der Waals surface area contributed by atoms with E-state index in [-0.39, 0.29) is 23.8 Å². The summed E-state index contributed by atoms with van der Waals surface area (Å²) in [5, 5.41) is 0. The molecule has 43 heavy (non-hydrogen) atoms. The van der Waals surface area contributed by atoms with E-state index in [0.717, 1.165) is 15.6 Å². The first-order valence-electron chi connectivity index (χ1n) is 13.7. The molecule has 1 aromatic heterocycles. The van der Waals surface area contributed by atoms with Crippen molar-refractivity contribution >= 4 is 45.0 Å². The maximum Gasteiger partial charge on any atom is 0.338 e. The van der Waals surface area contributed by atoms with Crippen molar-refractivity contribution in [3.8, 4) is 17.2 Å². The van der Waals surface area contributed by atoms with Crippen LogP contribution in [0, 0.1) is 0 Å². The molecule has 4 aromatic rings. The quantitative estimate of drug-likeness (QED) is 0.220. The molecule has 5 rings (SSSR count). The molecule has 0 bridgehead atoms. The maximum atomic E-state index is 14.2. The molecule has 0 amide bonds. The molecule has 3 aromatic carbocycles. The molecule has 10 heteroatoms. The lowest BCUT2D eigenvalue weighted by Gasteiger charge is -2.26. The second-order valence-electron chi connectivity index (χ2n) is 9.90. The fourth-order valence-corrected chi connectivity index (χ4v) is 6.38. The zero-order valence-corrected chi connectivity index (χ0v) is 26.8. The number of ether oxygens (including phenoxy) is 4. The van der Waals surface area contributed by atoms with Gasteiger partial charge in [0.2, 0.25) is 0 Å². The molecule has 0 saturated carbocycles. The van der Waals surface area contributed by atoms with Gasteiger partial charge in [0.05, 0.1) is 53.2 Å². The first-order valence-corrected chi connectivity index (χ1v) is 15.3. The molecule has 2 heterocycles. The van der Waals surface area contributed by atoms with E-state index in [1.165, 1.54) is 11.3 Å². The number of hydrogen-bond donors (Lipinski definition) is 0. The highest BCUT2D eigenvalue weighted by atomic mass is 79.9. The van der Waals surface area contributed by atoms with Gasteiger partial charge in [0.15, 0.2) is 16.3 Å². The van der Waals surface area contributed by atoms with Crippen LogP contribution < -0.4 is 29.1 Å². The molecule has 0 saturated heterocycles. The van der Waals surface area contributed by atoms with Crippen molar-refractivity contribution in [2.24, 2.45) is 4.99 Å². The number of rotatable bonds is 9. The molecule has 1 atom stereocenters. The predicted molar refractivity (Wildman–Crippen MR) is 171 cm³/mol. The van der Waals surface area contributed by atoms with Crippen LogP contribution in [-0.4, -0.2) is 37.5 Å². The Morgan fingerprint density at radius 1 is 1.02 bits per heavy atom. The van der Waals surface area contributed by atoms with Crippen LogP contribution >= 0.6 is 27.3 Å². The van der Waals surface area contributed by atoms with Gasteiger partial charge in [0, 0.05) is 5.56 Å². The van der Waals surface area contributed by atoms with Gasteiger partial charge in [0.1, 0.15) is 5.75 Å². The van der Waals surface area contributed by atoms with Gasteiger partial charge < -0.3 is 18.9 Å². The number of halogens is 1. The number of methoxy groups -OCH3 is 2. The zero-order valence-electron chi connectivity index (χ0n) is 24.4. The molecule has 8 nitrogen and oxygen atoms in total. The maximum absolute atomic E-state index is 14.2. The van der Waals surface area contributed by atoms with Gasteiger partial charge in [-0.3, -0.25) is 9.36 Å². The summed E-state index contributed by atoms with van der Waals surface area (Å²) >= 11 is 4.84. The summed E-state index contributed by atoms with van der Waals surface area (Å²) in [6, 6.07) is 19.6. The van der Waals surface area contributed by atoms with E-state index < -0.39 is 12.0 Å². The number of aromatic nitrogens is 1. The van der Waals surface area contributed by atoms with E-state index >= 15 is 0 Å². The first kappa shape index (κ1) is 30.3. The van der Waals surface area contributed by atoms with E-state index in [0.29, 0.717) is 37.8 Å². The number of esters is 1. The van der Waals surface area contributed by atoms with Crippen LogP contribution in [0.4, 0.5) is 0 Å². The number of nitrogens with zero attached hydrogens (tertiary/aromatic N) is 2. The third-order valence-corrected chi connectivity index (χ3v) is 8.32. The Hall–Kier alpha value is -4.15. The van der Waals surface area contributed by atoms with Crippen molar-refractivity contribution in [2.75, 3.05) is 20.8 Å². The molecule has 1 aliphatic heterocycles. The lowest BCUT2D eigenvalue weighted by molar-refractivity contribution is -0.138. The number of carbonyl (C=O) groups excluding carboxylic acids is 1. The van der Waals surface area contributed by atoms with Crippen molar-refractivity contribution in [3.05, 3.63) is 113 Å². The van der Waals surface area contributed by atoms with Crippen LogP contribution in [0.25, 0.3) is 11.8 Å². The average Bonchev–Trinajstić information content (AvgIpc) is 3.31. The highest BCUT2D eigenvalue weighted by Crippen LogP contribution is 2.38. The summed E-state index contributed by atoms with van der Waals surface area (Å²) < 4.78 is 25.2. The van der Waals surface area contributed by atoms with Crippen molar-refractivity contribution in [2.45, 2.75) is 32.9 Å². The minimum absolute atomic E-state index is 0.0230. The summed E-state index contributed by atoms with van der Waals surface area (Å²) in [5.41, 5.74) is 2.62. The zero-order chi connectivity index (χ0) is 30.7. The van der Waals surface area contributed by atoms with Crippen molar-refractivity contribution in [3.63, 3.8) is 0 Å². The van der Waals surface area contributed by atoms with Gasteiger partial charge in [-0.25, -0.2) is 9.79 Å². The van der Waals surface area contributed by atoms with Crippen molar-refractivity contribution in [1.29, 1.82) is 0 Å².